The summed E-state index contributed by atoms with van der Waals surface area (Å²) in [5.74, 6) is 0.0734. The van der Waals surface area contributed by atoms with Gasteiger partial charge in [-0.3, -0.25) is 37.3 Å². The monoisotopic (exact) mass is 1210 g/mol. The fraction of sp³-hybridized carbons (Fsp3) is 0.937. The van der Waals surface area contributed by atoms with Gasteiger partial charge in [0.1, 0.15) is 19.3 Å². The lowest BCUT2D eigenvalue weighted by Gasteiger charge is -2.21. The highest BCUT2D eigenvalue weighted by atomic mass is 31.2. The molecule has 0 fully saturated rings. The van der Waals surface area contributed by atoms with Gasteiger partial charge in [0, 0.05) is 25.7 Å². The Balaban J connectivity index is 5.25. The number of phosphoric acid groups is 2. The van der Waals surface area contributed by atoms with Gasteiger partial charge in [-0.2, -0.15) is 0 Å². The molecular formula is C63H122O17P2. The first-order chi connectivity index (χ1) is 39.3. The summed E-state index contributed by atoms with van der Waals surface area (Å²) in [5.41, 5.74) is 0. The molecule has 0 aliphatic rings. The Labute approximate surface area is 498 Å². The van der Waals surface area contributed by atoms with Crippen LogP contribution >= 0.6 is 15.6 Å². The molecule has 0 bridgehead atoms. The van der Waals surface area contributed by atoms with Gasteiger partial charge in [-0.05, 0) is 43.4 Å². The molecular weight excluding hydrogens is 1090 g/mol. The first-order valence-electron chi connectivity index (χ1n) is 32.9. The number of aliphatic hydroxyl groups is 1. The third-order valence-corrected chi connectivity index (χ3v) is 17.0. The molecule has 0 saturated carbocycles. The molecule has 0 aromatic rings. The van der Waals surface area contributed by atoms with E-state index in [1.54, 1.807) is 0 Å². The minimum atomic E-state index is -4.94. The Morgan fingerprint density at radius 3 is 0.927 bits per heavy atom. The van der Waals surface area contributed by atoms with Gasteiger partial charge in [0.2, 0.25) is 0 Å². The number of esters is 4. The number of aliphatic hydroxyl groups excluding tert-OH is 1. The molecule has 0 rings (SSSR count). The van der Waals surface area contributed by atoms with Crippen LogP contribution in [0, 0.1) is 17.8 Å². The van der Waals surface area contributed by atoms with Gasteiger partial charge in [-0.15, -0.1) is 0 Å². The van der Waals surface area contributed by atoms with Gasteiger partial charge >= 0.3 is 39.5 Å². The van der Waals surface area contributed by atoms with Crippen molar-refractivity contribution in [2.75, 3.05) is 39.6 Å². The topological polar surface area (TPSA) is 237 Å². The number of unbranched alkanes of at least 4 members (excludes halogenated alkanes) is 27. The summed E-state index contributed by atoms with van der Waals surface area (Å²) in [5, 5.41) is 10.5. The highest BCUT2D eigenvalue weighted by Crippen LogP contribution is 2.45. The number of phosphoric ester groups is 2. The maximum atomic E-state index is 13.0. The molecule has 17 nitrogen and oxygen atoms in total. The van der Waals surface area contributed by atoms with Crippen LogP contribution in [-0.2, 0) is 65.4 Å². The zero-order valence-electron chi connectivity index (χ0n) is 52.9. The summed E-state index contributed by atoms with van der Waals surface area (Å²) < 4.78 is 67.9. The van der Waals surface area contributed by atoms with Crippen molar-refractivity contribution in [3.05, 3.63) is 0 Å². The second kappa shape index (κ2) is 54.5. The molecule has 0 heterocycles. The summed E-state index contributed by atoms with van der Waals surface area (Å²) in [6.07, 6.45) is 34.9. The standard InChI is InChI=1S/C63H122O17P2/c1-8-11-12-13-14-15-22-30-37-44-60(65)73-51-59(80-63(68)47-40-33-26-25-27-34-41-54(4)5)53-78-82(71,72)76-49-57(64)48-75-81(69,70)77-52-58(79-62(67)46-39-32-24-19-17-21-29-36-43-56(7)10-3)50-74-61(66)45-38-31-23-18-16-20-28-35-42-55(6)9-2/h54-59,64H,8-53H2,1-7H3,(H,69,70)(H,71,72)/t55?,56?,57-,58-,59-/m1/s1. The van der Waals surface area contributed by atoms with E-state index in [1.807, 2.05) is 0 Å². The number of carbonyl (C=O) groups is 4. The number of rotatable bonds is 61. The van der Waals surface area contributed by atoms with E-state index in [0.29, 0.717) is 31.6 Å². The molecule has 0 aliphatic heterocycles. The lowest BCUT2D eigenvalue weighted by Crippen LogP contribution is -2.30. The van der Waals surface area contributed by atoms with Crippen LogP contribution in [0.5, 0.6) is 0 Å². The van der Waals surface area contributed by atoms with Crippen LogP contribution in [0.2, 0.25) is 0 Å². The molecule has 7 atom stereocenters. The second-order valence-electron chi connectivity index (χ2n) is 23.8. The van der Waals surface area contributed by atoms with E-state index in [1.165, 1.54) is 116 Å². The van der Waals surface area contributed by atoms with E-state index >= 15 is 0 Å². The molecule has 486 valence electrons. The largest absolute Gasteiger partial charge is 0.472 e. The van der Waals surface area contributed by atoms with E-state index in [0.717, 1.165) is 102 Å². The van der Waals surface area contributed by atoms with Crippen molar-refractivity contribution < 1.29 is 80.2 Å². The molecule has 0 aromatic heterocycles. The van der Waals surface area contributed by atoms with Crippen LogP contribution < -0.4 is 0 Å². The second-order valence-corrected chi connectivity index (χ2v) is 26.7. The van der Waals surface area contributed by atoms with Crippen molar-refractivity contribution in [1.29, 1.82) is 0 Å². The fourth-order valence-electron chi connectivity index (χ4n) is 9.24. The SMILES string of the molecule is CCCCCCCCCCCC(=O)OC[C@H](COP(=O)(O)OC[C@H](O)COP(=O)(O)OC[C@@H](COC(=O)CCCCCCCCCCC(C)CC)OC(=O)CCCCCCCCCCC(C)CC)OC(=O)CCCCCCCCC(C)C. The lowest BCUT2D eigenvalue weighted by molar-refractivity contribution is -0.161. The molecule has 4 unspecified atom stereocenters. The number of hydrogen-bond acceptors (Lipinski definition) is 15. The van der Waals surface area contributed by atoms with Gasteiger partial charge < -0.3 is 33.8 Å². The summed E-state index contributed by atoms with van der Waals surface area (Å²) >= 11 is 0. The van der Waals surface area contributed by atoms with E-state index < -0.39 is 97.5 Å². The summed E-state index contributed by atoms with van der Waals surface area (Å²) in [6, 6.07) is 0. The third kappa shape index (κ3) is 54.7. The summed E-state index contributed by atoms with van der Waals surface area (Å²) in [6.45, 7) is 11.7. The molecule has 0 amide bonds. The zero-order chi connectivity index (χ0) is 61.0. The smallest absolute Gasteiger partial charge is 0.462 e. The average Bonchev–Trinajstić information content (AvgIpc) is 3.45. The normalized spacial score (nSPS) is 15.1. The fourth-order valence-corrected chi connectivity index (χ4v) is 10.8. The van der Waals surface area contributed by atoms with Gasteiger partial charge in [-0.25, -0.2) is 9.13 Å². The molecule has 19 heteroatoms. The van der Waals surface area contributed by atoms with Gasteiger partial charge in [-0.1, -0.05) is 254 Å². The summed E-state index contributed by atoms with van der Waals surface area (Å²) in [4.78, 5) is 72.1. The first kappa shape index (κ1) is 80.1. The average molecular weight is 1210 g/mol. The maximum absolute atomic E-state index is 13.0. The van der Waals surface area contributed by atoms with E-state index in [4.69, 9.17) is 37.0 Å². The lowest BCUT2D eigenvalue weighted by atomic mass is 9.99. The number of hydrogen-bond donors (Lipinski definition) is 3. The molecule has 82 heavy (non-hydrogen) atoms. The highest BCUT2D eigenvalue weighted by molar-refractivity contribution is 7.47. The zero-order valence-corrected chi connectivity index (χ0v) is 54.7. The molecule has 0 radical (unpaired) electrons. The summed E-state index contributed by atoms with van der Waals surface area (Å²) in [7, 11) is -9.88. The minimum Gasteiger partial charge on any atom is -0.462 e. The first-order valence-corrected chi connectivity index (χ1v) is 35.9. The van der Waals surface area contributed by atoms with Crippen molar-refractivity contribution in [3.8, 4) is 0 Å². The van der Waals surface area contributed by atoms with Crippen molar-refractivity contribution in [3.63, 3.8) is 0 Å². The van der Waals surface area contributed by atoms with E-state index in [-0.39, 0.29) is 25.7 Å². The maximum Gasteiger partial charge on any atom is 0.472 e. The van der Waals surface area contributed by atoms with E-state index in [9.17, 15) is 43.2 Å². The Morgan fingerprint density at radius 1 is 0.354 bits per heavy atom. The van der Waals surface area contributed by atoms with E-state index in [2.05, 4.69) is 48.5 Å². The molecule has 0 spiro atoms. The van der Waals surface area contributed by atoms with Gasteiger partial charge in [0.15, 0.2) is 12.2 Å². The van der Waals surface area contributed by atoms with Crippen LogP contribution in [0.15, 0.2) is 0 Å². The molecule has 3 N–H and O–H groups in total. The minimum absolute atomic E-state index is 0.102. The van der Waals surface area contributed by atoms with Crippen LogP contribution in [0.1, 0.15) is 305 Å². The van der Waals surface area contributed by atoms with Crippen molar-refractivity contribution in [2.45, 2.75) is 324 Å². The third-order valence-electron chi connectivity index (χ3n) is 15.1. The molecule has 0 saturated heterocycles. The number of carbonyl (C=O) groups excluding carboxylic acids is 4. The van der Waals surface area contributed by atoms with Gasteiger partial charge in [0.05, 0.1) is 26.4 Å². The van der Waals surface area contributed by atoms with Crippen LogP contribution in [0.4, 0.5) is 0 Å². The van der Waals surface area contributed by atoms with Crippen LogP contribution in [0.25, 0.3) is 0 Å². The predicted octanol–water partition coefficient (Wildman–Crippen LogP) is 17.1. The van der Waals surface area contributed by atoms with Crippen LogP contribution in [-0.4, -0.2) is 96.7 Å². The highest BCUT2D eigenvalue weighted by Gasteiger charge is 2.30. The quantitative estimate of drug-likeness (QED) is 0.0222. The van der Waals surface area contributed by atoms with Gasteiger partial charge in [0.25, 0.3) is 0 Å². The van der Waals surface area contributed by atoms with Crippen molar-refractivity contribution >= 4 is 39.5 Å². The van der Waals surface area contributed by atoms with Crippen LogP contribution in [0.3, 0.4) is 0 Å². The Morgan fingerprint density at radius 2 is 0.622 bits per heavy atom. The molecule has 0 aromatic carbocycles. The predicted molar refractivity (Wildman–Crippen MR) is 326 cm³/mol. The van der Waals surface area contributed by atoms with Crippen molar-refractivity contribution in [2.24, 2.45) is 17.8 Å². The Bertz CT molecular complexity index is 1630. The van der Waals surface area contributed by atoms with Crippen molar-refractivity contribution in [1.82, 2.24) is 0 Å². The number of ether oxygens (including phenoxy) is 4. The Kier molecular flexibility index (Phi) is 53.2. The Hall–Kier alpha value is -1.94. The molecule has 0 aliphatic carbocycles.